The molecule has 0 aromatic carbocycles. The SMILES string of the molecule is COC(=O)c1cc(N)cn1Cc1nonc1C. The fourth-order valence-corrected chi connectivity index (χ4v) is 1.49. The Bertz CT molecular complexity index is 543. The van der Waals surface area contributed by atoms with E-state index < -0.39 is 5.97 Å². The number of methoxy groups -OCH3 is 1. The number of carbonyl (C=O) groups is 1. The molecule has 2 aromatic rings. The van der Waals surface area contributed by atoms with Gasteiger partial charge in [0.15, 0.2) is 0 Å². The molecule has 0 unspecified atom stereocenters. The molecule has 0 spiro atoms. The molecule has 7 nitrogen and oxygen atoms in total. The summed E-state index contributed by atoms with van der Waals surface area (Å²) in [6.45, 7) is 2.13. The van der Waals surface area contributed by atoms with Gasteiger partial charge in [-0.05, 0) is 13.0 Å². The zero-order chi connectivity index (χ0) is 12.4. The Kier molecular flexibility index (Phi) is 2.82. The highest BCUT2D eigenvalue weighted by Crippen LogP contribution is 2.14. The summed E-state index contributed by atoms with van der Waals surface area (Å²) in [4.78, 5) is 11.5. The van der Waals surface area contributed by atoms with Gasteiger partial charge >= 0.3 is 5.97 Å². The number of anilines is 1. The van der Waals surface area contributed by atoms with Crippen molar-refractivity contribution in [2.24, 2.45) is 0 Å². The molecule has 0 aliphatic rings. The second kappa shape index (κ2) is 4.28. The maximum Gasteiger partial charge on any atom is 0.354 e. The van der Waals surface area contributed by atoms with E-state index in [-0.39, 0.29) is 0 Å². The number of nitrogens with two attached hydrogens (primary N) is 1. The maximum absolute atomic E-state index is 11.5. The molecule has 2 aromatic heterocycles. The first-order valence-electron chi connectivity index (χ1n) is 4.94. The van der Waals surface area contributed by atoms with Crippen molar-refractivity contribution in [2.75, 3.05) is 12.8 Å². The average molecular weight is 236 g/mol. The minimum atomic E-state index is -0.448. The molecule has 90 valence electrons. The molecule has 0 atom stereocenters. The molecule has 0 saturated heterocycles. The van der Waals surface area contributed by atoms with E-state index >= 15 is 0 Å². The number of ether oxygens (including phenoxy) is 1. The van der Waals surface area contributed by atoms with Crippen LogP contribution in [-0.4, -0.2) is 28.0 Å². The molecule has 17 heavy (non-hydrogen) atoms. The Hall–Kier alpha value is -2.31. The van der Waals surface area contributed by atoms with E-state index in [1.54, 1.807) is 23.8 Å². The van der Waals surface area contributed by atoms with Gasteiger partial charge in [-0.15, -0.1) is 0 Å². The molecule has 0 radical (unpaired) electrons. The van der Waals surface area contributed by atoms with E-state index in [2.05, 4.69) is 19.7 Å². The van der Waals surface area contributed by atoms with Crippen molar-refractivity contribution < 1.29 is 14.2 Å². The van der Waals surface area contributed by atoms with Crippen molar-refractivity contribution in [3.05, 3.63) is 29.3 Å². The van der Waals surface area contributed by atoms with Crippen LogP contribution in [-0.2, 0) is 11.3 Å². The maximum atomic E-state index is 11.5. The van der Waals surface area contributed by atoms with Gasteiger partial charge in [0.1, 0.15) is 17.1 Å². The highest BCUT2D eigenvalue weighted by molar-refractivity contribution is 5.89. The van der Waals surface area contributed by atoms with Crippen LogP contribution >= 0.6 is 0 Å². The Labute approximate surface area is 97.1 Å². The van der Waals surface area contributed by atoms with Gasteiger partial charge in [-0.3, -0.25) is 0 Å². The molecular formula is C10H12N4O3. The molecule has 7 heteroatoms. The number of aryl methyl sites for hydroxylation is 1. The van der Waals surface area contributed by atoms with Crippen molar-refractivity contribution in [1.29, 1.82) is 0 Å². The van der Waals surface area contributed by atoms with Crippen LogP contribution in [0, 0.1) is 6.92 Å². The van der Waals surface area contributed by atoms with E-state index in [0.29, 0.717) is 29.3 Å². The van der Waals surface area contributed by atoms with Crippen LogP contribution < -0.4 is 5.73 Å². The van der Waals surface area contributed by atoms with Gasteiger partial charge in [0.2, 0.25) is 0 Å². The zero-order valence-corrected chi connectivity index (χ0v) is 9.51. The van der Waals surface area contributed by atoms with E-state index in [0.717, 1.165) is 0 Å². The van der Waals surface area contributed by atoms with Crippen LogP contribution in [0.25, 0.3) is 0 Å². The molecule has 2 rings (SSSR count). The number of nitrogen functional groups attached to an aromatic ring is 1. The fraction of sp³-hybridized carbons (Fsp3) is 0.300. The van der Waals surface area contributed by atoms with Gasteiger partial charge in [-0.25, -0.2) is 9.42 Å². The summed E-state index contributed by atoms with van der Waals surface area (Å²) in [5, 5.41) is 7.41. The number of hydrogen-bond donors (Lipinski definition) is 1. The lowest BCUT2D eigenvalue weighted by molar-refractivity contribution is 0.0589. The van der Waals surface area contributed by atoms with Crippen LogP contribution in [0.15, 0.2) is 16.9 Å². The quantitative estimate of drug-likeness (QED) is 0.784. The lowest BCUT2D eigenvalue weighted by atomic mass is 10.3. The number of carbonyl (C=O) groups excluding carboxylic acids is 1. The molecule has 0 bridgehead atoms. The number of hydrogen-bond acceptors (Lipinski definition) is 6. The highest BCUT2D eigenvalue weighted by atomic mass is 16.6. The molecule has 2 N–H and O–H groups in total. The number of esters is 1. The lowest BCUT2D eigenvalue weighted by Crippen LogP contribution is -2.11. The molecular weight excluding hydrogens is 224 g/mol. The van der Waals surface area contributed by atoms with Crippen molar-refractivity contribution in [3.8, 4) is 0 Å². The Morgan fingerprint density at radius 3 is 2.94 bits per heavy atom. The number of nitrogens with zero attached hydrogens (tertiary/aromatic N) is 3. The molecule has 0 aliphatic heterocycles. The van der Waals surface area contributed by atoms with E-state index in [1.807, 2.05) is 0 Å². The summed E-state index contributed by atoms with van der Waals surface area (Å²) in [6, 6.07) is 1.55. The first-order valence-corrected chi connectivity index (χ1v) is 4.94. The Morgan fingerprint density at radius 1 is 1.59 bits per heavy atom. The van der Waals surface area contributed by atoms with Crippen LogP contribution in [0.3, 0.4) is 0 Å². The Balaban J connectivity index is 2.33. The highest BCUT2D eigenvalue weighted by Gasteiger charge is 2.15. The molecule has 0 saturated carbocycles. The number of aromatic nitrogens is 3. The lowest BCUT2D eigenvalue weighted by Gasteiger charge is -2.04. The second-order valence-electron chi connectivity index (χ2n) is 3.57. The van der Waals surface area contributed by atoms with Crippen molar-refractivity contribution in [2.45, 2.75) is 13.5 Å². The van der Waals surface area contributed by atoms with E-state index in [1.165, 1.54) is 7.11 Å². The van der Waals surface area contributed by atoms with Crippen LogP contribution in [0.1, 0.15) is 21.9 Å². The third kappa shape index (κ3) is 2.12. The third-order valence-electron chi connectivity index (χ3n) is 2.38. The third-order valence-corrected chi connectivity index (χ3v) is 2.38. The van der Waals surface area contributed by atoms with Crippen molar-refractivity contribution in [1.82, 2.24) is 14.9 Å². The summed E-state index contributed by atoms with van der Waals surface area (Å²) in [5.74, 6) is -0.448. The number of rotatable bonds is 3. The van der Waals surface area contributed by atoms with Gasteiger partial charge in [0, 0.05) is 6.20 Å². The smallest absolute Gasteiger partial charge is 0.354 e. The molecule has 2 heterocycles. The normalized spacial score (nSPS) is 10.5. The standard InChI is InChI=1S/C10H12N4O3/c1-6-8(13-17-12-6)5-14-4-7(11)3-9(14)10(15)16-2/h3-4H,5,11H2,1-2H3. The largest absolute Gasteiger partial charge is 0.464 e. The molecule has 0 aliphatic carbocycles. The fourth-order valence-electron chi connectivity index (χ4n) is 1.49. The minimum Gasteiger partial charge on any atom is -0.464 e. The van der Waals surface area contributed by atoms with Crippen LogP contribution in [0.2, 0.25) is 0 Å². The molecule has 0 amide bonds. The minimum absolute atomic E-state index is 0.358. The summed E-state index contributed by atoms with van der Waals surface area (Å²) in [5.41, 5.74) is 7.82. The van der Waals surface area contributed by atoms with Gasteiger partial charge < -0.3 is 15.0 Å². The van der Waals surface area contributed by atoms with Gasteiger partial charge in [-0.1, -0.05) is 10.3 Å². The van der Waals surface area contributed by atoms with E-state index in [4.69, 9.17) is 5.73 Å². The topological polar surface area (TPSA) is 96.2 Å². The van der Waals surface area contributed by atoms with E-state index in [9.17, 15) is 4.79 Å². The van der Waals surface area contributed by atoms with Crippen LogP contribution in [0.4, 0.5) is 5.69 Å². The van der Waals surface area contributed by atoms with Gasteiger partial charge in [0.25, 0.3) is 0 Å². The monoisotopic (exact) mass is 236 g/mol. The summed E-state index contributed by atoms with van der Waals surface area (Å²) in [7, 11) is 1.32. The predicted molar refractivity (Wildman–Crippen MR) is 58.3 cm³/mol. The first-order chi connectivity index (χ1) is 8.11. The van der Waals surface area contributed by atoms with Crippen molar-refractivity contribution in [3.63, 3.8) is 0 Å². The average Bonchev–Trinajstić information content (AvgIpc) is 2.86. The summed E-state index contributed by atoms with van der Waals surface area (Å²) >= 11 is 0. The first kappa shape index (κ1) is 11.2. The summed E-state index contributed by atoms with van der Waals surface area (Å²) < 4.78 is 10.9. The van der Waals surface area contributed by atoms with Crippen LogP contribution in [0.5, 0.6) is 0 Å². The van der Waals surface area contributed by atoms with Gasteiger partial charge in [-0.2, -0.15) is 0 Å². The van der Waals surface area contributed by atoms with Crippen molar-refractivity contribution >= 4 is 11.7 Å². The summed E-state index contributed by atoms with van der Waals surface area (Å²) in [6.07, 6.45) is 1.64. The predicted octanol–water partition coefficient (Wildman–Crippen LogP) is 0.597. The molecule has 0 fully saturated rings. The Morgan fingerprint density at radius 2 is 2.35 bits per heavy atom. The second-order valence-corrected chi connectivity index (χ2v) is 3.57. The zero-order valence-electron chi connectivity index (χ0n) is 9.51. The van der Waals surface area contributed by atoms with Gasteiger partial charge in [0.05, 0.1) is 19.3 Å².